The fraction of sp³-hybridized carbons (Fsp3) is 0.833. The van der Waals surface area contributed by atoms with Crippen LogP contribution in [0.2, 0.25) is 0 Å². The van der Waals surface area contributed by atoms with Gasteiger partial charge in [-0.25, -0.2) is 19.2 Å². The van der Waals surface area contributed by atoms with Crippen LogP contribution in [-0.2, 0) is 59.8 Å². The second kappa shape index (κ2) is 47.2. The molecule has 25 heteroatoms. The van der Waals surface area contributed by atoms with E-state index in [-0.39, 0.29) is 99.5 Å². The molecule has 0 heterocycles. The van der Waals surface area contributed by atoms with Crippen LogP contribution in [0, 0.1) is 21.7 Å². The van der Waals surface area contributed by atoms with E-state index < -0.39 is 116 Å². The van der Waals surface area contributed by atoms with Crippen molar-refractivity contribution in [1.82, 2.24) is 0 Å². The molecule has 0 aliphatic carbocycles. The predicted octanol–water partition coefficient (Wildman–Crippen LogP) is 9.84. The number of carboxylic acid groups (broad SMARTS) is 4. The van der Waals surface area contributed by atoms with Crippen LogP contribution in [0.3, 0.4) is 0 Å². The van der Waals surface area contributed by atoms with Crippen molar-refractivity contribution < 1.29 is 142 Å². The normalized spacial score (nSPS) is 16.3. The molecule has 0 aliphatic heterocycles. The van der Waals surface area contributed by atoms with Crippen LogP contribution in [-0.4, -0.2) is 202 Å². The average molecular weight is 1430 g/mol. The third kappa shape index (κ3) is 34.6. The molecule has 0 bridgehead atoms. The molecule has 0 saturated heterocycles. The minimum Gasteiger partial charge on any atom is -0.479 e. The first-order valence-corrected chi connectivity index (χ1v) is 34.2. The number of rotatable bonds is 48. The van der Waals surface area contributed by atoms with Gasteiger partial charge in [-0.3, -0.25) is 0 Å². The first-order valence-electron chi connectivity index (χ1n) is 34.2. The number of hydrogen-bond acceptors (Lipinski definition) is 20. The molecular weight excluding hydrogens is 1300 g/mol. The van der Waals surface area contributed by atoms with Gasteiger partial charge in [-0.2, -0.15) is 0 Å². The number of carboxylic acids is 4. The zero-order chi connectivity index (χ0) is 76.1. The molecule has 0 spiro atoms. The van der Waals surface area contributed by atoms with Crippen LogP contribution in [0.25, 0.3) is 0 Å². The van der Waals surface area contributed by atoms with E-state index in [1.165, 1.54) is 24.3 Å². The van der Waals surface area contributed by atoms with Crippen LogP contribution in [0.4, 0.5) is 0 Å². The molecule has 24 nitrogen and oxygen atoms in total. The van der Waals surface area contributed by atoms with Gasteiger partial charge in [0.1, 0.15) is 24.4 Å². The monoisotopic (exact) mass is 1430 g/mol. The largest absolute Gasteiger partial charge is 0.479 e. The van der Waals surface area contributed by atoms with Crippen LogP contribution < -0.4 is 0 Å². The molecule has 0 rings (SSSR count). The van der Waals surface area contributed by atoms with Gasteiger partial charge in [-0.05, 0) is 73.0 Å². The molecule has 8 unspecified atom stereocenters. The van der Waals surface area contributed by atoms with Gasteiger partial charge in [0.15, 0.2) is 0 Å². The summed E-state index contributed by atoms with van der Waals surface area (Å²) in [5.41, 5.74) is -11.7. The van der Waals surface area contributed by atoms with E-state index in [1.807, 2.05) is 27.7 Å². The molecule has 0 aromatic rings. The van der Waals surface area contributed by atoms with Crippen LogP contribution in [0.15, 0.2) is 50.6 Å². The van der Waals surface area contributed by atoms with Crippen molar-refractivity contribution in [2.24, 2.45) is 21.7 Å². The Balaban J connectivity index is -0.000000386. The Morgan fingerprint density at radius 2 is 0.454 bits per heavy atom. The Kier molecular flexibility index (Phi) is 49.9. The molecule has 8 atom stereocenters. The van der Waals surface area contributed by atoms with Gasteiger partial charge in [0.05, 0.1) is 26.4 Å². The Morgan fingerprint density at radius 3 is 0.557 bits per heavy atom. The standard InChI is InChI=1S/4C18H34O6.Ti/c4*1-6-8-9-10-11-14(19)18(22,23)17(15(20)21,24-12-7-2)13-16(3,4)5;/h4*7,14,19,22-23H,2,6,8-13H2,1,3-5H3,(H,20,21);. The number of aliphatic hydroxyl groups excluding tert-OH is 4. The molecule has 0 aromatic heterocycles. The van der Waals surface area contributed by atoms with E-state index in [9.17, 15) is 101 Å². The molecule has 0 radical (unpaired) electrons. The molecule has 16 N–H and O–H groups in total. The van der Waals surface area contributed by atoms with Gasteiger partial charge in [-0.1, -0.05) is 238 Å². The van der Waals surface area contributed by atoms with E-state index in [4.69, 9.17) is 18.9 Å². The summed E-state index contributed by atoms with van der Waals surface area (Å²) in [5.74, 6) is -17.7. The summed E-state index contributed by atoms with van der Waals surface area (Å²) >= 11 is 0. The van der Waals surface area contributed by atoms with E-state index >= 15 is 0 Å². The molecule has 0 saturated carbocycles. The van der Waals surface area contributed by atoms with Crippen molar-refractivity contribution in [2.75, 3.05) is 26.4 Å². The summed E-state index contributed by atoms with van der Waals surface area (Å²) in [7, 11) is 0. The predicted molar refractivity (Wildman–Crippen MR) is 370 cm³/mol. The number of unbranched alkanes of at least 4 members (excludes halogenated alkanes) is 12. The Bertz CT molecular complexity index is 1910. The first kappa shape index (κ1) is 103. The maximum Gasteiger partial charge on any atom is 0.341 e. The first-order chi connectivity index (χ1) is 43.8. The smallest absolute Gasteiger partial charge is 0.341 e. The molecule has 0 amide bonds. The molecular formula is C72H136O24Ti. The van der Waals surface area contributed by atoms with Crippen molar-refractivity contribution in [3.05, 3.63) is 50.6 Å². The second-order valence-electron chi connectivity index (χ2n) is 30.2. The third-order valence-corrected chi connectivity index (χ3v) is 15.8. The maximum absolute atomic E-state index is 11.9. The van der Waals surface area contributed by atoms with Crippen molar-refractivity contribution in [3.63, 3.8) is 0 Å². The second-order valence-corrected chi connectivity index (χ2v) is 30.2. The Labute approximate surface area is 596 Å². The van der Waals surface area contributed by atoms with Crippen molar-refractivity contribution in [2.45, 2.75) is 335 Å². The van der Waals surface area contributed by atoms with Gasteiger partial charge in [0.25, 0.3) is 0 Å². The van der Waals surface area contributed by atoms with Crippen LogP contribution in [0.1, 0.15) is 265 Å². The van der Waals surface area contributed by atoms with Crippen molar-refractivity contribution in [3.8, 4) is 0 Å². The minimum atomic E-state index is -2.92. The number of carbonyl (C=O) groups is 4. The van der Waals surface area contributed by atoms with Crippen molar-refractivity contribution >= 4 is 23.9 Å². The summed E-state index contributed by atoms with van der Waals surface area (Å²) in [5, 5.41) is 165. The van der Waals surface area contributed by atoms with Crippen LogP contribution in [0.5, 0.6) is 0 Å². The van der Waals surface area contributed by atoms with Crippen molar-refractivity contribution in [1.29, 1.82) is 0 Å². The molecule has 0 fully saturated rings. The number of aliphatic carboxylic acids is 4. The average Bonchev–Trinajstić information content (AvgIpc) is 0.787. The number of hydrogen-bond donors (Lipinski definition) is 16. The summed E-state index contributed by atoms with van der Waals surface area (Å²) in [6.07, 6.45) is 12.0. The summed E-state index contributed by atoms with van der Waals surface area (Å²) in [6, 6.07) is 0. The number of aliphatic hydroxyl groups is 12. The SMILES string of the molecule is C=CCOC(CC(C)(C)C)(C(=O)O)C(O)(O)C(O)CCCCCC.C=CCOC(CC(C)(C)C)(C(=O)O)C(O)(O)C(O)CCCCCC.C=CCOC(CC(C)(C)C)(C(=O)O)C(O)(O)C(O)CCCCCC.C=CCOC(CC(C)(C)C)(C(=O)O)C(O)(O)C(O)CCCCCC.[Ti]. The van der Waals surface area contributed by atoms with E-state index in [2.05, 4.69) is 26.3 Å². The Morgan fingerprint density at radius 1 is 0.309 bits per heavy atom. The fourth-order valence-electron chi connectivity index (χ4n) is 11.1. The van der Waals surface area contributed by atoms with Gasteiger partial charge < -0.3 is 101 Å². The summed E-state index contributed by atoms with van der Waals surface area (Å²) in [6.45, 7) is 42.6. The quantitative estimate of drug-likeness (QED) is 0.0117. The van der Waals surface area contributed by atoms with Crippen LogP contribution >= 0.6 is 0 Å². The summed E-state index contributed by atoms with van der Waals surface area (Å²) in [4.78, 5) is 47.8. The van der Waals surface area contributed by atoms with E-state index in [1.54, 1.807) is 83.1 Å². The molecule has 0 aliphatic rings. The molecule has 572 valence electrons. The zero-order valence-electron chi connectivity index (χ0n) is 62.2. The maximum atomic E-state index is 11.9. The van der Waals surface area contributed by atoms with Gasteiger partial charge in [0, 0.05) is 21.7 Å². The van der Waals surface area contributed by atoms with Gasteiger partial charge in [-0.15, -0.1) is 26.3 Å². The topological polar surface area (TPSA) is 429 Å². The summed E-state index contributed by atoms with van der Waals surface area (Å²) < 4.78 is 21.4. The molecule has 0 aromatic carbocycles. The third-order valence-electron chi connectivity index (χ3n) is 15.8. The van der Waals surface area contributed by atoms with Gasteiger partial charge in [0.2, 0.25) is 45.6 Å². The zero-order valence-corrected chi connectivity index (χ0v) is 63.7. The minimum absolute atomic E-state index is 0. The fourth-order valence-corrected chi connectivity index (χ4v) is 11.1. The number of ether oxygens (including phenoxy) is 4. The van der Waals surface area contributed by atoms with E-state index in [0.29, 0.717) is 25.7 Å². The molecule has 97 heavy (non-hydrogen) atoms. The Hall–Kier alpha value is -3.09. The van der Waals surface area contributed by atoms with E-state index in [0.717, 1.165) is 77.0 Å². The van der Waals surface area contributed by atoms with Gasteiger partial charge >= 0.3 is 23.9 Å².